The number of benzene rings is 1. The molecule has 5 heteroatoms. The highest BCUT2D eigenvalue weighted by atomic mass is 16.5. The molecule has 2 aliphatic rings. The third-order valence-corrected chi connectivity index (χ3v) is 5.60. The molecule has 2 aliphatic heterocycles. The number of nitrogens with zero attached hydrogens (tertiary/aromatic N) is 3. The van der Waals surface area contributed by atoms with Gasteiger partial charge in [0.05, 0.1) is 17.7 Å². The van der Waals surface area contributed by atoms with Gasteiger partial charge >= 0.3 is 0 Å². The first-order valence-electron chi connectivity index (χ1n) is 9.12. The molecule has 5 nitrogen and oxygen atoms in total. The Kier molecular flexibility index (Phi) is 4.34. The van der Waals surface area contributed by atoms with Crippen LogP contribution in [0.15, 0.2) is 40.9 Å². The first kappa shape index (κ1) is 16.3. The Morgan fingerprint density at radius 1 is 1.20 bits per heavy atom. The quantitative estimate of drug-likeness (QED) is 0.840. The summed E-state index contributed by atoms with van der Waals surface area (Å²) in [5, 5.41) is 3.95. The third-order valence-electron chi connectivity index (χ3n) is 5.60. The number of rotatable bonds is 5. The average molecular weight is 339 g/mol. The molecule has 1 aromatic carbocycles. The molecule has 1 aromatic heterocycles. The number of aromatic nitrogens is 1. The van der Waals surface area contributed by atoms with Gasteiger partial charge in [-0.15, -0.1) is 0 Å². The predicted octanol–water partition coefficient (Wildman–Crippen LogP) is 2.65. The van der Waals surface area contributed by atoms with Crippen molar-refractivity contribution in [2.75, 3.05) is 26.2 Å². The fraction of sp³-hybridized carbons (Fsp3) is 0.500. The molecule has 1 amide bonds. The monoisotopic (exact) mass is 339 g/mol. The highest BCUT2D eigenvalue weighted by Crippen LogP contribution is 2.41. The Hall–Kier alpha value is -2.14. The summed E-state index contributed by atoms with van der Waals surface area (Å²) in [6.45, 7) is 6.20. The van der Waals surface area contributed by atoms with Crippen molar-refractivity contribution >= 4 is 5.91 Å². The molecule has 132 valence electrons. The van der Waals surface area contributed by atoms with Gasteiger partial charge in [0.1, 0.15) is 0 Å². The van der Waals surface area contributed by atoms with Crippen molar-refractivity contribution in [1.29, 1.82) is 0 Å². The zero-order valence-corrected chi connectivity index (χ0v) is 14.8. The summed E-state index contributed by atoms with van der Waals surface area (Å²) in [7, 11) is 0. The minimum atomic E-state index is -0.175. The van der Waals surface area contributed by atoms with Crippen LogP contribution in [-0.2, 0) is 17.8 Å². The second-order valence-electron chi connectivity index (χ2n) is 7.45. The van der Waals surface area contributed by atoms with E-state index in [9.17, 15) is 4.79 Å². The van der Waals surface area contributed by atoms with Gasteiger partial charge in [-0.3, -0.25) is 9.69 Å². The zero-order valence-electron chi connectivity index (χ0n) is 14.8. The van der Waals surface area contributed by atoms with Crippen LogP contribution in [0.25, 0.3) is 0 Å². The lowest BCUT2D eigenvalue weighted by Crippen LogP contribution is -2.37. The van der Waals surface area contributed by atoms with Crippen LogP contribution in [0.2, 0.25) is 0 Å². The minimum Gasteiger partial charge on any atom is -0.360 e. The largest absolute Gasteiger partial charge is 0.360 e. The molecule has 2 saturated heterocycles. The molecule has 0 radical (unpaired) electrons. The van der Waals surface area contributed by atoms with Gasteiger partial charge < -0.3 is 9.42 Å². The maximum atomic E-state index is 13.0. The summed E-state index contributed by atoms with van der Waals surface area (Å²) < 4.78 is 5.33. The van der Waals surface area contributed by atoms with E-state index in [1.807, 2.05) is 19.1 Å². The topological polar surface area (TPSA) is 49.6 Å². The van der Waals surface area contributed by atoms with E-state index in [0.717, 1.165) is 63.4 Å². The molecule has 0 bridgehead atoms. The molecule has 0 aliphatic carbocycles. The summed E-state index contributed by atoms with van der Waals surface area (Å²) in [6.07, 6.45) is 2.87. The number of aryl methyl sites for hydroxylation is 1. The molecule has 2 fully saturated rings. The van der Waals surface area contributed by atoms with Gasteiger partial charge in [-0.25, -0.2) is 0 Å². The molecule has 1 unspecified atom stereocenters. The molecule has 1 atom stereocenters. The van der Waals surface area contributed by atoms with E-state index in [1.165, 1.54) is 5.56 Å². The van der Waals surface area contributed by atoms with Crippen LogP contribution in [0.3, 0.4) is 0 Å². The highest BCUT2D eigenvalue weighted by Gasteiger charge is 2.50. The standard InChI is InChI=1S/C20H25N3O2/c1-16-13-18(25-21-16)14-22-11-8-20(15-22)9-12-23(19(20)24)10-7-17-5-3-2-4-6-17/h2-6,13H,7-12,14-15H2,1H3. The van der Waals surface area contributed by atoms with E-state index in [0.29, 0.717) is 5.91 Å². The lowest BCUT2D eigenvalue weighted by atomic mass is 9.85. The average Bonchev–Trinajstić information content (AvgIpc) is 3.30. The van der Waals surface area contributed by atoms with Crippen LogP contribution in [0.1, 0.15) is 29.9 Å². The molecular weight excluding hydrogens is 314 g/mol. The Labute approximate surface area is 148 Å². The van der Waals surface area contributed by atoms with E-state index in [-0.39, 0.29) is 5.41 Å². The zero-order chi connectivity index (χ0) is 17.3. The molecular formula is C20H25N3O2. The molecule has 0 N–H and O–H groups in total. The minimum absolute atomic E-state index is 0.175. The Morgan fingerprint density at radius 3 is 2.76 bits per heavy atom. The van der Waals surface area contributed by atoms with Gasteiger partial charge in [-0.05, 0) is 38.3 Å². The number of amides is 1. The first-order chi connectivity index (χ1) is 12.1. The molecule has 4 rings (SSSR count). The van der Waals surface area contributed by atoms with Gasteiger partial charge in [0.15, 0.2) is 5.76 Å². The Balaban J connectivity index is 1.34. The van der Waals surface area contributed by atoms with Gasteiger partial charge in [0, 0.05) is 25.7 Å². The number of hydrogen-bond donors (Lipinski definition) is 0. The van der Waals surface area contributed by atoms with E-state index in [1.54, 1.807) is 0 Å². The summed E-state index contributed by atoms with van der Waals surface area (Å²) >= 11 is 0. The van der Waals surface area contributed by atoms with Crippen LogP contribution in [0.4, 0.5) is 0 Å². The predicted molar refractivity (Wildman–Crippen MR) is 94.9 cm³/mol. The van der Waals surface area contributed by atoms with E-state index in [2.05, 4.69) is 39.2 Å². The van der Waals surface area contributed by atoms with Crippen LogP contribution < -0.4 is 0 Å². The van der Waals surface area contributed by atoms with Gasteiger partial charge in [0.2, 0.25) is 5.91 Å². The number of hydrogen-bond acceptors (Lipinski definition) is 4. The number of carbonyl (C=O) groups is 1. The lowest BCUT2D eigenvalue weighted by molar-refractivity contribution is -0.135. The molecule has 0 saturated carbocycles. The van der Waals surface area contributed by atoms with Crippen molar-refractivity contribution < 1.29 is 9.32 Å². The van der Waals surface area contributed by atoms with E-state index < -0.39 is 0 Å². The van der Waals surface area contributed by atoms with Crippen molar-refractivity contribution in [3.63, 3.8) is 0 Å². The molecule has 2 aromatic rings. The first-order valence-corrected chi connectivity index (χ1v) is 9.12. The van der Waals surface area contributed by atoms with Crippen molar-refractivity contribution in [3.05, 3.63) is 53.4 Å². The van der Waals surface area contributed by atoms with Crippen molar-refractivity contribution in [1.82, 2.24) is 15.0 Å². The molecule has 25 heavy (non-hydrogen) atoms. The summed E-state index contributed by atoms with van der Waals surface area (Å²) in [4.78, 5) is 17.4. The smallest absolute Gasteiger partial charge is 0.230 e. The lowest BCUT2D eigenvalue weighted by Gasteiger charge is -2.23. The molecule has 1 spiro atoms. The van der Waals surface area contributed by atoms with Gasteiger partial charge in [-0.1, -0.05) is 35.5 Å². The summed E-state index contributed by atoms with van der Waals surface area (Å²) in [5.74, 6) is 1.24. The van der Waals surface area contributed by atoms with Crippen LogP contribution in [0, 0.1) is 12.3 Å². The fourth-order valence-electron chi connectivity index (χ4n) is 4.20. The van der Waals surface area contributed by atoms with E-state index >= 15 is 0 Å². The normalized spacial score (nSPS) is 23.9. The van der Waals surface area contributed by atoms with Crippen molar-refractivity contribution in [2.24, 2.45) is 5.41 Å². The van der Waals surface area contributed by atoms with Crippen LogP contribution in [-0.4, -0.2) is 47.0 Å². The van der Waals surface area contributed by atoms with Crippen LogP contribution in [0.5, 0.6) is 0 Å². The number of likely N-dealkylation sites (tertiary alicyclic amines) is 2. The van der Waals surface area contributed by atoms with Crippen molar-refractivity contribution in [3.8, 4) is 0 Å². The highest BCUT2D eigenvalue weighted by molar-refractivity contribution is 5.85. The molecule has 3 heterocycles. The summed E-state index contributed by atoms with van der Waals surface area (Å²) in [6, 6.07) is 12.4. The SMILES string of the molecule is Cc1cc(CN2CCC3(CCN(CCc4ccccc4)C3=O)C2)on1. The van der Waals surface area contributed by atoms with Crippen molar-refractivity contribution in [2.45, 2.75) is 32.7 Å². The van der Waals surface area contributed by atoms with Crippen LogP contribution >= 0.6 is 0 Å². The Bertz CT molecular complexity index is 742. The fourth-order valence-corrected chi connectivity index (χ4v) is 4.20. The van der Waals surface area contributed by atoms with Gasteiger partial charge in [-0.2, -0.15) is 0 Å². The second-order valence-corrected chi connectivity index (χ2v) is 7.45. The Morgan fingerprint density at radius 2 is 2.00 bits per heavy atom. The second kappa shape index (κ2) is 6.64. The summed E-state index contributed by atoms with van der Waals surface area (Å²) in [5.41, 5.74) is 2.03. The van der Waals surface area contributed by atoms with Gasteiger partial charge in [0.25, 0.3) is 0 Å². The number of carbonyl (C=O) groups excluding carboxylic acids is 1. The maximum absolute atomic E-state index is 13.0. The van der Waals surface area contributed by atoms with E-state index in [4.69, 9.17) is 4.52 Å². The third kappa shape index (κ3) is 3.33. The maximum Gasteiger partial charge on any atom is 0.230 e.